The van der Waals surface area contributed by atoms with Crippen LogP contribution in [0.1, 0.15) is 28.8 Å². The molecule has 158 valence electrons. The number of nitrogens with one attached hydrogen (secondary N) is 4. The Balaban J connectivity index is 1.39. The highest BCUT2D eigenvalue weighted by Gasteiger charge is 2.29. The van der Waals surface area contributed by atoms with E-state index in [0.717, 1.165) is 18.4 Å². The fourth-order valence-electron chi connectivity index (χ4n) is 2.83. The minimum absolute atomic E-state index is 0.0276. The molecule has 0 heterocycles. The van der Waals surface area contributed by atoms with Gasteiger partial charge in [-0.1, -0.05) is 6.07 Å². The van der Waals surface area contributed by atoms with Crippen LogP contribution in [-0.2, 0) is 4.79 Å². The molecule has 0 radical (unpaired) electrons. The van der Waals surface area contributed by atoms with Gasteiger partial charge in [-0.15, -0.1) is 0 Å². The monoisotopic (exact) mass is 410 g/mol. The average molecular weight is 410 g/mol. The SMILES string of the molecule is COc1ccc(C)cc1NC(=O)NCCNC(=O)c1ccc(NC(=O)C2CC2)cc1. The average Bonchev–Trinajstić information content (AvgIpc) is 3.57. The number of methoxy groups -OCH3 is 1. The maximum atomic E-state index is 12.2. The lowest BCUT2D eigenvalue weighted by Crippen LogP contribution is -2.36. The summed E-state index contributed by atoms with van der Waals surface area (Å²) in [6, 6.07) is 11.8. The van der Waals surface area contributed by atoms with Gasteiger partial charge in [0.15, 0.2) is 0 Å². The standard InChI is InChI=1S/C22H26N4O4/c1-14-3-10-19(30-2)18(13-14)26-22(29)24-12-11-23-20(27)15-6-8-17(9-7-15)25-21(28)16-4-5-16/h3,6-10,13,16H,4-5,11-12H2,1-2H3,(H,23,27)(H,25,28)(H2,24,26,29). The summed E-state index contributed by atoms with van der Waals surface area (Å²) in [4.78, 5) is 36.0. The second-order valence-electron chi connectivity index (χ2n) is 7.18. The zero-order chi connectivity index (χ0) is 21.5. The van der Waals surface area contributed by atoms with Gasteiger partial charge in [0.05, 0.1) is 12.8 Å². The van der Waals surface area contributed by atoms with Gasteiger partial charge in [-0.05, 0) is 61.7 Å². The number of ether oxygens (including phenoxy) is 1. The molecule has 0 unspecified atom stereocenters. The van der Waals surface area contributed by atoms with Crippen molar-refractivity contribution in [1.29, 1.82) is 0 Å². The molecule has 0 aliphatic heterocycles. The summed E-state index contributed by atoms with van der Waals surface area (Å²) < 4.78 is 5.23. The highest BCUT2D eigenvalue weighted by Crippen LogP contribution is 2.30. The Morgan fingerprint density at radius 2 is 1.67 bits per heavy atom. The number of carbonyl (C=O) groups excluding carboxylic acids is 3. The lowest BCUT2D eigenvalue weighted by atomic mass is 10.2. The van der Waals surface area contributed by atoms with Gasteiger partial charge >= 0.3 is 6.03 Å². The lowest BCUT2D eigenvalue weighted by Gasteiger charge is -2.12. The highest BCUT2D eigenvalue weighted by atomic mass is 16.5. The van der Waals surface area contributed by atoms with E-state index < -0.39 is 0 Å². The van der Waals surface area contributed by atoms with E-state index in [0.29, 0.717) is 22.7 Å². The third kappa shape index (κ3) is 5.97. The molecule has 3 rings (SSSR count). The first-order chi connectivity index (χ1) is 14.5. The van der Waals surface area contributed by atoms with Gasteiger partial charge in [-0.3, -0.25) is 9.59 Å². The third-order valence-electron chi connectivity index (χ3n) is 4.66. The molecule has 1 saturated carbocycles. The number of rotatable bonds is 8. The van der Waals surface area contributed by atoms with Gasteiger partial charge in [-0.2, -0.15) is 0 Å². The molecule has 8 heteroatoms. The molecule has 0 aromatic heterocycles. The number of aryl methyl sites for hydroxylation is 1. The van der Waals surface area contributed by atoms with Crippen molar-refractivity contribution in [3.63, 3.8) is 0 Å². The number of amides is 4. The Bertz CT molecular complexity index is 923. The van der Waals surface area contributed by atoms with Gasteiger partial charge < -0.3 is 26.0 Å². The topological polar surface area (TPSA) is 109 Å². The van der Waals surface area contributed by atoms with Crippen LogP contribution in [0, 0.1) is 12.8 Å². The molecule has 8 nitrogen and oxygen atoms in total. The van der Waals surface area contributed by atoms with Gasteiger partial charge in [0, 0.05) is 30.3 Å². The van der Waals surface area contributed by atoms with Crippen molar-refractivity contribution in [3.05, 3.63) is 53.6 Å². The molecule has 0 atom stereocenters. The summed E-state index contributed by atoms with van der Waals surface area (Å²) in [6.07, 6.45) is 1.88. The molecular formula is C22H26N4O4. The van der Waals surface area contributed by atoms with Crippen LogP contribution in [0.4, 0.5) is 16.2 Å². The summed E-state index contributed by atoms with van der Waals surface area (Å²) >= 11 is 0. The molecule has 0 spiro atoms. The van der Waals surface area contributed by atoms with Crippen molar-refractivity contribution >= 4 is 29.2 Å². The fraction of sp³-hybridized carbons (Fsp3) is 0.318. The first kappa shape index (κ1) is 21.2. The molecular weight excluding hydrogens is 384 g/mol. The maximum Gasteiger partial charge on any atom is 0.319 e. The van der Waals surface area contributed by atoms with Gasteiger partial charge in [0.25, 0.3) is 5.91 Å². The van der Waals surface area contributed by atoms with Crippen LogP contribution in [0.5, 0.6) is 5.75 Å². The van der Waals surface area contributed by atoms with E-state index in [9.17, 15) is 14.4 Å². The second-order valence-corrected chi connectivity index (χ2v) is 7.18. The minimum Gasteiger partial charge on any atom is -0.495 e. The number of anilines is 2. The first-order valence-electron chi connectivity index (χ1n) is 9.85. The van der Waals surface area contributed by atoms with Crippen molar-refractivity contribution in [1.82, 2.24) is 10.6 Å². The predicted molar refractivity (Wildman–Crippen MR) is 115 cm³/mol. The Kier molecular flexibility index (Phi) is 6.90. The molecule has 1 aliphatic carbocycles. The van der Waals surface area contributed by atoms with Crippen LogP contribution < -0.4 is 26.0 Å². The molecule has 2 aromatic carbocycles. The van der Waals surface area contributed by atoms with E-state index >= 15 is 0 Å². The quantitative estimate of drug-likeness (QED) is 0.502. The maximum absolute atomic E-state index is 12.2. The van der Waals surface area contributed by atoms with Crippen LogP contribution in [0.2, 0.25) is 0 Å². The van der Waals surface area contributed by atoms with Crippen molar-refractivity contribution in [3.8, 4) is 5.75 Å². The van der Waals surface area contributed by atoms with Crippen LogP contribution >= 0.6 is 0 Å². The Morgan fingerprint density at radius 3 is 2.33 bits per heavy atom. The number of carbonyl (C=O) groups is 3. The highest BCUT2D eigenvalue weighted by molar-refractivity contribution is 5.97. The summed E-state index contributed by atoms with van der Waals surface area (Å²) in [7, 11) is 1.54. The summed E-state index contributed by atoms with van der Waals surface area (Å²) in [5, 5.41) is 11.0. The Hall–Kier alpha value is -3.55. The number of hydrogen-bond acceptors (Lipinski definition) is 4. The predicted octanol–water partition coefficient (Wildman–Crippen LogP) is 2.90. The third-order valence-corrected chi connectivity index (χ3v) is 4.66. The smallest absolute Gasteiger partial charge is 0.319 e. The Morgan fingerprint density at radius 1 is 0.967 bits per heavy atom. The number of urea groups is 1. The van der Waals surface area contributed by atoms with E-state index in [-0.39, 0.29) is 36.9 Å². The molecule has 2 aromatic rings. The minimum atomic E-state index is -0.385. The first-order valence-corrected chi connectivity index (χ1v) is 9.85. The van der Waals surface area contributed by atoms with E-state index in [4.69, 9.17) is 4.74 Å². The zero-order valence-corrected chi connectivity index (χ0v) is 17.1. The van der Waals surface area contributed by atoms with E-state index in [1.807, 2.05) is 19.1 Å². The van der Waals surface area contributed by atoms with Gasteiger partial charge in [0.2, 0.25) is 5.91 Å². The number of benzene rings is 2. The van der Waals surface area contributed by atoms with E-state index in [1.54, 1.807) is 30.3 Å². The summed E-state index contributed by atoms with van der Waals surface area (Å²) in [6.45, 7) is 2.46. The molecule has 30 heavy (non-hydrogen) atoms. The van der Waals surface area contributed by atoms with Gasteiger partial charge in [0.1, 0.15) is 5.75 Å². The molecule has 4 amide bonds. The lowest BCUT2D eigenvalue weighted by molar-refractivity contribution is -0.117. The van der Waals surface area contributed by atoms with Crippen molar-refractivity contribution in [2.24, 2.45) is 5.92 Å². The summed E-state index contributed by atoms with van der Waals surface area (Å²) in [5.74, 6) is 0.475. The van der Waals surface area contributed by atoms with Crippen LogP contribution in [0.15, 0.2) is 42.5 Å². The van der Waals surface area contributed by atoms with E-state index in [2.05, 4.69) is 21.3 Å². The molecule has 0 saturated heterocycles. The number of hydrogen-bond donors (Lipinski definition) is 4. The van der Waals surface area contributed by atoms with Crippen LogP contribution in [-0.4, -0.2) is 38.0 Å². The molecule has 0 bridgehead atoms. The molecule has 1 fully saturated rings. The second kappa shape index (κ2) is 9.78. The zero-order valence-electron chi connectivity index (χ0n) is 17.1. The van der Waals surface area contributed by atoms with E-state index in [1.165, 1.54) is 7.11 Å². The molecule has 4 N–H and O–H groups in total. The largest absolute Gasteiger partial charge is 0.495 e. The van der Waals surface area contributed by atoms with Crippen molar-refractivity contribution in [2.45, 2.75) is 19.8 Å². The van der Waals surface area contributed by atoms with Crippen LogP contribution in [0.3, 0.4) is 0 Å². The van der Waals surface area contributed by atoms with Crippen LogP contribution in [0.25, 0.3) is 0 Å². The normalized spacial score (nSPS) is 12.6. The Labute approximate surface area is 175 Å². The molecule has 1 aliphatic rings. The van der Waals surface area contributed by atoms with Crippen molar-refractivity contribution < 1.29 is 19.1 Å². The van der Waals surface area contributed by atoms with Crippen molar-refractivity contribution in [2.75, 3.05) is 30.8 Å². The summed E-state index contributed by atoms with van der Waals surface area (Å²) in [5.41, 5.74) is 2.73. The fourth-order valence-corrected chi connectivity index (χ4v) is 2.83. The van der Waals surface area contributed by atoms with Gasteiger partial charge in [-0.25, -0.2) is 4.79 Å².